The summed E-state index contributed by atoms with van der Waals surface area (Å²) in [5, 5.41) is 17.8. The van der Waals surface area contributed by atoms with Gasteiger partial charge in [-0.3, -0.25) is 4.68 Å². The van der Waals surface area contributed by atoms with Crippen LogP contribution >= 0.6 is 0 Å². The van der Waals surface area contributed by atoms with Gasteiger partial charge in [-0.15, -0.1) is 11.6 Å². The quantitative estimate of drug-likeness (QED) is 0.296. The summed E-state index contributed by atoms with van der Waals surface area (Å²) < 4.78 is 3.46. The molecule has 0 atom stereocenters. The van der Waals surface area contributed by atoms with Gasteiger partial charge in [-0.05, 0) is 36.9 Å². The van der Waals surface area contributed by atoms with Crippen molar-refractivity contribution in [3.63, 3.8) is 0 Å². The monoisotopic (exact) mass is 586 g/mol. The van der Waals surface area contributed by atoms with E-state index in [1.54, 1.807) is 29.2 Å². The Morgan fingerprint density at radius 2 is 1.55 bits per heavy atom. The molecule has 0 saturated heterocycles. The molecule has 0 aliphatic heterocycles. The smallest absolute Gasteiger partial charge is 0.141 e. The van der Waals surface area contributed by atoms with Gasteiger partial charge in [-0.1, -0.05) is 48.0 Å². The molecule has 3 aromatic carbocycles. The molecule has 5 nitrogen and oxygen atoms in total. The Bertz CT molecular complexity index is 1200. The summed E-state index contributed by atoms with van der Waals surface area (Å²) in [4.78, 5) is 0. The number of aromatic hydroxyl groups is 1. The van der Waals surface area contributed by atoms with Crippen LogP contribution in [0.2, 0.25) is 0 Å². The number of hydrogen-bond donors (Lipinski definition) is 1. The third-order valence-corrected chi connectivity index (χ3v) is 4.51. The van der Waals surface area contributed by atoms with Gasteiger partial charge in [0, 0.05) is 38.7 Å². The van der Waals surface area contributed by atoms with Gasteiger partial charge in [-0.2, -0.15) is 28.4 Å². The van der Waals surface area contributed by atoms with Gasteiger partial charge in [0.25, 0.3) is 0 Å². The second-order valence-corrected chi connectivity index (χ2v) is 6.67. The first-order chi connectivity index (χ1) is 14.7. The number of para-hydroxylation sites is 2. The summed E-state index contributed by atoms with van der Waals surface area (Å²) in [5.74, 6) is 0.237. The fourth-order valence-electron chi connectivity index (χ4n) is 2.99. The molecule has 0 unspecified atom stereocenters. The molecule has 0 amide bonds. The molecule has 0 aliphatic rings. The molecule has 2 aromatic heterocycles. The first-order valence-electron chi connectivity index (χ1n) is 9.58. The Kier molecular flexibility index (Phi) is 7.54. The molecule has 6 heteroatoms. The Balaban J connectivity index is 0.000000183. The van der Waals surface area contributed by atoms with Gasteiger partial charge in [0.2, 0.25) is 0 Å². The largest absolute Gasteiger partial charge is 0.506 e. The predicted molar refractivity (Wildman–Crippen MR) is 118 cm³/mol. The minimum atomic E-state index is 0. The zero-order valence-corrected chi connectivity index (χ0v) is 19.3. The van der Waals surface area contributed by atoms with Crippen LogP contribution in [0, 0.1) is 13.0 Å². The maximum Gasteiger partial charge on any atom is 0.141 e. The zero-order valence-electron chi connectivity index (χ0n) is 16.9. The predicted octanol–water partition coefficient (Wildman–Crippen LogP) is 5.22. The van der Waals surface area contributed by atoms with Crippen molar-refractivity contribution in [1.82, 2.24) is 19.6 Å². The van der Waals surface area contributed by atoms with Crippen molar-refractivity contribution < 1.29 is 25.2 Å². The number of benzene rings is 3. The van der Waals surface area contributed by atoms with Crippen molar-refractivity contribution in [1.29, 1.82) is 0 Å². The number of phenolic OH excluding ortho intramolecular Hbond substituents is 1. The topological polar surface area (TPSA) is 55.9 Å². The minimum absolute atomic E-state index is 0. The van der Waals surface area contributed by atoms with E-state index < -0.39 is 0 Å². The van der Waals surface area contributed by atoms with E-state index in [2.05, 4.69) is 34.5 Å². The molecule has 2 heterocycles. The maximum absolute atomic E-state index is 9.42. The van der Waals surface area contributed by atoms with Crippen LogP contribution in [-0.4, -0.2) is 24.7 Å². The van der Waals surface area contributed by atoms with E-state index >= 15 is 0 Å². The SMILES string of the molecule is Cc1ccn(-c2[c-]cc(-c3ccccc3)cc2)n1.Oc1ccccc1-n1cccn1.[Ir]. The fourth-order valence-corrected chi connectivity index (χ4v) is 2.99. The van der Waals surface area contributed by atoms with Crippen molar-refractivity contribution >= 4 is 0 Å². The summed E-state index contributed by atoms with van der Waals surface area (Å²) in [6, 6.07) is 30.6. The van der Waals surface area contributed by atoms with E-state index in [1.807, 2.05) is 72.4 Å². The first-order valence-corrected chi connectivity index (χ1v) is 9.58. The van der Waals surface area contributed by atoms with E-state index in [0.717, 1.165) is 11.4 Å². The van der Waals surface area contributed by atoms with Gasteiger partial charge in [-0.25, -0.2) is 4.68 Å². The van der Waals surface area contributed by atoms with Gasteiger partial charge < -0.3 is 5.11 Å². The first kappa shape index (κ1) is 22.2. The molecule has 157 valence electrons. The molecule has 31 heavy (non-hydrogen) atoms. The van der Waals surface area contributed by atoms with E-state index in [4.69, 9.17) is 0 Å². The third-order valence-electron chi connectivity index (χ3n) is 4.51. The Hall–Kier alpha value is -3.47. The normalized spacial score (nSPS) is 9.97. The summed E-state index contributed by atoms with van der Waals surface area (Å²) >= 11 is 0. The standard InChI is InChI=1S/C16H13N2.C9H8N2O.Ir/c1-13-11-12-18(17-13)16-9-7-15(8-10-16)14-5-3-2-4-6-14;12-9-5-2-1-4-8(9)11-7-3-6-10-11;/h2-9,11-12H,1H3;1-7,12H;/q-1;;. The number of rotatable bonds is 3. The van der Waals surface area contributed by atoms with Crippen LogP contribution in [0.15, 0.2) is 104 Å². The molecule has 1 radical (unpaired) electrons. The van der Waals surface area contributed by atoms with Crippen LogP contribution in [0.4, 0.5) is 0 Å². The van der Waals surface area contributed by atoms with Gasteiger partial charge in [0.1, 0.15) is 11.4 Å². The molecule has 1 N–H and O–H groups in total. The molecule has 0 saturated carbocycles. The Morgan fingerprint density at radius 1 is 0.774 bits per heavy atom. The van der Waals surface area contributed by atoms with Gasteiger partial charge in [0.15, 0.2) is 0 Å². The summed E-state index contributed by atoms with van der Waals surface area (Å²) in [7, 11) is 0. The molecule has 0 bridgehead atoms. The summed E-state index contributed by atoms with van der Waals surface area (Å²) in [6.45, 7) is 1.98. The van der Waals surface area contributed by atoms with Crippen molar-refractivity contribution in [2.75, 3.05) is 0 Å². The van der Waals surface area contributed by atoms with E-state index in [9.17, 15) is 5.11 Å². The Labute approximate surface area is 195 Å². The molecular formula is C25H21IrN4O-. The zero-order chi connectivity index (χ0) is 20.8. The van der Waals surface area contributed by atoms with E-state index in [0.29, 0.717) is 5.69 Å². The second kappa shape index (κ2) is 10.5. The molecule has 0 aliphatic carbocycles. The van der Waals surface area contributed by atoms with Gasteiger partial charge in [0.05, 0.1) is 5.69 Å². The molecule has 5 rings (SSSR count). The van der Waals surface area contributed by atoms with E-state index in [1.165, 1.54) is 11.1 Å². The van der Waals surface area contributed by atoms with Crippen LogP contribution in [-0.2, 0) is 20.1 Å². The summed E-state index contributed by atoms with van der Waals surface area (Å²) in [6.07, 6.45) is 5.41. The van der Waals surface area contributed by atoms with Crippen LogP contribution < -0.4 is 0 Å². The van der Waals surface area contributed by atoms with Gasteiger partial charge >= 0.3 is 0 Å². The third kappa shape index (κ3) is 5.57. The number of aromatic nitrogens is 4. The van der Waals surface area contributed by atoms with Crippen LogP contribution in [0.3, 0.4) is 0 Å². The average Bonchev–Trinajstić information content (AvgIpc) is 3.48. The molecule has 0 spiro atoms. The minimum Gasteiger partial charge on any atom is -0.506 e. The maximum atomic E-state index is 9.42. The van der Waals surface area contributed by atoms with Crippen molar-refractivity contribution in [3.8, 4) is 28.3 Å². The number of phenols is 1. The second-order valence-electron chi connectivity index (χ2n) is 6.67. The van der Waals surface area contributed by atoms with Crippen LogP contribution in [0.5, 0.6) is 5.75 Å². The van der Waals surface area contributed by atoms with E-state index in [-0.39, 0.29) is 25.9 Å². The number of aryl methyl sites for hydroxylation is 1. The molecule has 0 fully saturated rings. The number of nitrogens with zero attached hydrogens (tertiary/aromatic N) is 4. The average molecular weight is 586 g/mol. The Morgan fingerprint density at radius 3 is 2.16 bits per heavy atom. The number of hydrogen-bond acceptors (Lipinski definition) is 3. The summed E-state index contributed by atoms with van der Waals surface area (Å²) in [5.41, 5.74) is 5.04. The molecule has 5 aromatic rings. The van der Waals surface area contributed by atoms with Crippen LogP contribution in [0.1, 0.15) is 5.69 Å². The van der Waals surface area contributed by atoms with Crippen molar-refractivity contribution in [2.45, 2.75) is 6.92 Å². The van der Waals surface area contributed by atoms with Crippen molar-refractivity contribution in [2.24, 2.45) is 0 Å². The fraction of sp³-hybridized carbons (Fsp3) is 0.0400. The molecular weight excluding hydrogens is 565 g/mol. The van der Waals surface area contributed by atoms with Crippen LogP contribution in [0.25, 0.3) is 22.5 Å². The van der Waals surface area contributed by atoms with Crippen molar-refractivity contribution in [3.05, 3.63) is 115 Å².